The van der Waals surface area contributed by atoms with Crippen LogP contribution in [0.15, 0.2) is 12.1 Å². The van der Waals surface area contributed by atoms with Crippen molar-refractivity contribution in [3.63, 3.8) is 0 Å². The predicted molar refractivity (Wildman–Crippen MR) is 80.7 cm³/mol. The number of nitrogens with zero attached hydrogens (tertiary/aromatic N) is 1. The number of carboxylic acids is 1. The van der Waals surface area contributed by atoms with Crippen LogP contribution in [-0.4, -0.2) is 29.8 Å². The smallest absolute Gasteiger partial charge is 0.414 e. The van der Waals surface area contributed by atoms with Crippen LogP contribution in [-0.2, 0) is 4.74 Å². The summed E-state index contributed by atoms with van der Waals surface area (Å²) in [6.07, 6.45) is 4.82. The summed E-state index contributed by atoms with van der Waals surface area (Å²) < 4.78 is 5.27. The Morgan fingerprint density at radius 2 is 1.90 bits per heavy atom. The molecule has 112 valence electrons. The Morgan fingerprint density at radius 1 is 1.33 bits per heavy atom. The fraction of sp³-hybridized carbons (Fsp3) is 0.375. The van der Waals surface area contributed by atoms with Gasteiger partial charge in [-0.25, -0.2) is 9.59 Å². The number of carbonyl (C=O) groups excluding carboxylic acids is 1. The van der Waals surface area contributed by atoms with E-state index < -0.39 is 17.7 Å². The van der Waals surface area contributed by atoms with E-state index >= 15 is 0 Å². The fourth-order valence-corrected chi connectivity index (χ4v) is 1.75. The van der Waals surface area contributed by atoms with Gasteiger partial charge in [-0.3, -0.25) is 4.90 Å². The molecular weight excluding hydrogens is 270 g/mol. The van der Waals surface area contributed by atoms with Crippen LogP contribution in [0.3, 0.4) is 0 Å². The van der Waals surface area contributed by atoms with Gasteiger partial charge in [0.15, 0.2) is 0 Å². The lowest BCUT2D eigenvalue weighted by Crippen LogP contribution is -2.34. The number of ether oxygens (including phenoxy) is 1. The van der Waals surface area contributed by atoms with Gasteiger partial charge in [0, 0.05) is 12.6 Å². The molecule has 21 heavy (non-hydrogen) atoms. The van der Waals surface area contributed by atoms with Crippen molar-refractivity contribution in [3.8, 4) is 12.3 Å². The van der Waals surface area contributed by atoms with E-state index in [2.05, 4.69) is 5.92 Å². The third-order valence-electron chi connectivity index (χ3n) is 2.81. The molecule has 0 saturated heterocycles. The lowest BCUT2D eigenvalue weighted by Gasteiger charge is -2.26. The lowest BCUT2D eigenvalue weighted by molar-refractivity contribution is 0.0587. The molecule has 1 aromatic rings. The highest BCUT2D eigenvalue weighted by Gasteiger charge is 2.23. The van der Waals surface area contributed by atoms with E-state index in [0.29, 0.717) is 16.8 Å². The number of carboxylic acid groups (broad SMARTS) is 1. The highest BCUT2D eigenvalue weighted by Crippen LogP contribution is 2.26. The summed E-state index contributed by atoms with van der Waals surface area (Å²) in [5.74, 6) is 1.32. The molecule has 0 aliphatic rings. The van der Waals surface area contributed by atoms with Gasteiger partial charge >= 0.3 is 12.1 Å². The first-order valence-corrected chi connectivity index (χ1v) is 6.38. The first-order chi connectivity index (χ1) is 9.56. The number of anilines is 1. The second kappa shape index (κ2) is 5.88. The second-order valence-corrected chi connectivity index (χ2v) is 5.66. The zero-order chi connectivity index (χ0) is 16.4. The van der Waals surface area contributed by atoms with Gasteiger partial charge < -0.3 is 9.84 Å². The molecule has 1 amide bonds. The minimum atomic E-state index is -1.11. The number of hydrogen-bond donors (Lipinski definition) is 1. The van der Waals surface area contributed by atoms with Gasteiger partial charge in [0.25, 0.3) is 0 Å². The molecule has 1 aromatic carbocycles. The zero-order valence-corrected chi connectivity index (χ0v) is 12.9. The van der Waals surface area contributed by atoms with E-state index in [0.717, 1.165) is 0 Å². The molecule has 0 spiro atoms. The van der Waals surface area contributed by atoms with E-state index in [-0.39, 0.29) is 5.56 Å². The number of terminal acetylenes is 1. The Labute approximate surface area is 124 Å². The Bertz CT molecular complexity index is 620. The molecule has 0 bridgehead atoms. The molecule has 0 saturated carbocycles. The molecule has 0 aromatic heterocycles. The van der Waals surface area contributed by atoms with Crippen LogP contribution in [0.4, 0.5) is 10.5 Å². The van der Waals surface area contributed by atoms with Gasteiger partial charge in [0.1, 0.15) is 5.60 Å². The minimum Gasteiger partial charge on any atom is -0.478 e. The van der Waals surface area contributed by atoms with E-state index in [1.54, 1.807) is 27.7 Å². The van der Waals surface area contributed by atoms with E-state index in [1.165, 1.54) is 24.1 Å². The molecule has 0 radical (unpaired) electrons. The maximum atomic E-state index is 12.1. The highest BCUT2D eigenvalue weighted by molar-refractivity contribution is 5.94. The molecule has 5 nitrogen and oxygen atoms in total. The summed E-state index contributed by atoms with van der Waals surface area (Å²) in [5, 5.41) is 9.12. The Morgan fingerprint density at radius 3 is 2.33 bits per heavy atom. The van der Waals surface area contributed by atoms with Crippen LogP contribution >= 0.6 is 0 Å². The summed E-state index contributed by atoms with van der Waals surface area (Å²) in [7, 11) is 1.52. The Kier molecular flexibility index (Phi) is 4.64. The van der Waals surface area contributed by atoms with Gasteiger partial charge in [-0.05, 0) is 45.4 Å². The molecule has 0 aliphatic carbocycles. The first kappa shape index (κ1) is 16.6. The van der Waals surface area contributed by atoms with Crippen LogP contribution in [0.1, 0.15) is 42.3 Å². The van der Waals surface area contributed by atoms with Crippen LogP contribution < -0.4 is 4.90 Å². The maximum Gasteiger partial charge on any atom is 0.414 e. The second-order valence-electron chi connectivity index (χ2n) is 5.66. The molecule has 1 N–H and O–H groups in total. The Balaban J connectivity index is 3.29. The third kappa shape index (κ3) is 3.99. The number of hydrogen-bond acceptors (Lipinski definition) is 3. The van der Waals surface area contributed by atoms with Crippen LogP contribution in [0.2, 0.25) is 0 Å². The van der Waals surface area contributed by atoms with Crippen molar-refractivity contribution in [2.24, 2.45) is 0 Å². The van der Waals surface area contributed by atoms with Gasteiger partial charge in [0.2, 0.25) is 0 Å². The molecule has 0 unspecified atom stereocenters. The molecule has 0 atom stereocenters. The first-order valence-electron chi connectivity index (χ1n) is 6.38. The largest absolute Gasteiger partial charge is 0.478 e. The minimum absolute atomic E-state index is 0.0268. The van der Waals surface area contributed by atoms with Crippen molar-refractivity contribution in [2.45, 2.75) is 33.3 Å². The van der Waals surface area contributed by atoms with E-state index in [1.807, 2.05) is 0 Å². The quantitative estimate of drug-likeness (QED) is 0.850. The number of benzene rings is 1. The monoisotopic (exact) mass is 289 g/mol. The summed E-state index contributed by atoms with van der Waals surface area (Å²) >= 11 is 0. The van der Waals surface area contributed by atoms with Crippen LogP contribution in [0, 0.1) is 19.3 Å². The van der Waals surface area contributed by atoms with E-state index in [4.69, 9.17) is 16.3 Å². The normalized spacial score (nSPS) is 10.7. The fourth-order valence-electron chi connectivity index (χ4n) is 1.75. The lowest BCUT2D eigenvalue weighted by atomic mass is 10.0. The molecule has 0 fully saturated rings. The van der Waals surface area contributed by atoms with Gasteiger partial charge in [0.05, 0.1) is 11.3 Å². The summed E-state index contributed by atoms with van der Waals surface area (Å²) in [6.45, 7) is 7.00. The summed E-state index contributed by atoms with van der Waals surface area (Å²) in [5.41, 5.74) is 0.880. The van der Waals surface area contributed by atoms with Crippen molar-refractivity contribution in [3.05, 3.63) is 28.8 Å². The topological polar surface area (TPSA) is 66.8 Å². The van der Waals surface area contributed by atoms with Crippen molar-refractivity contribution in [1.29, 1.82) is 0 Å². The van der Waals surface area contributed by atoms with Gasteiger partial charge in [-0.2, -0.15) is 0 Å². The number of amides is 1. The van der Waals surface area contributed by atoms with Crippen molar-refractivity contribution < 1.29 is 19.4 Å². The van der Waals surface area contributed by atoms with Crippen LogP contribution in [0.25, 0.3) is 0 Å². The molecular formula is C16H19NO4. The highest BCUT2D eigenvalue weighted by atomic mass is 16.6. The average Bonchev–Trinajstić information content (AvgIpc) is 2.35. The Hall–Kier alpha value is -2.48. The summed E-state index contributed by atoms with van der Waals surface area (Å²) in [4.78, 5) is 24.5. The third-order valence-corrected chi connectivity index (χ3v) is 2.81. The molecule has 0 aliphatic heterocycles. The van der Waals surface area contributed by atoms with Crippen molar-refractivity contribution >= 4 is 17.7 Å². The van der Waals surface area contributed by atoms with Crippen LogP contribution in [0.5, 0.6) is 0 Å². The number of aromatic carboxylic acids is 1. The molecule has 0 heterocycles. The maximum absolute atomic E-state index is 12.1. The standard InChI is InChI=1S/C16H19NO4/c1-7-11-8-12(14(18)19)9-13(10(11)2)17(6)15(20)21-16(3,4)5/h1,8-9H,2-6H3,(H,18,19). The van der Waals surface area contributed by atoms with Gasteiger partial charge in [-0.15, -0.1) is 6.42 Å². The predicted octanol–water partition coefficient (Wildman–Crippen LogP) is 3.05. The molecule has 1 rings (SSSR count). The van der Waals surface area contributed by atoms with E-state index in [9.17, 15) is 9.59 Å². The zero-order valence-electron chi connectivity index (χ0n) is 12.9. The summed E-state index contributed by atoms with van der Waals surface area (Å²) in [6, 6.07) is 2.81. The SMILES string of the molecule is C#Cc1cc(C(=O)O)cc(N(C)C(=O)OC(C)(C)C)c1C. The van der Waals surface area contributed by atoms with Crippen molar-refractivity contribution in [2.75, 3.05) is 11.9 Å². The van der Waals surface area contributed by atoms with Crippen molar-refractivity contribution in [1.82, 2.24) is 0 Å². The average molecular weight is 289 g/mol. The van der Waals surface area contributed by atoms with Gasteiger partial charge in [-0.1, -0.05) is 5.92 Å². The molecule has 5 heteroatoms. The number of carbonyl (C=O) groups is 2. The number of rotatable bonds is 2.